The minimum Gasteiger partial charge on any atom is -0.449 e. The van der Waals surface area contributed by atoms with Crippen molar-refractivity contribution < 1.29 is 14.3 Å². The highest BCUT2D eigenvalue weighted by Crippen LogP contribution is 2.35. The number of rotatable bonds is 6. The highest BCUT2D eigenvalue weighted by atomic mass is 16.5. The molecular weight excluding hydrogens is 376 g/mol. The summed E-state index contributed by atoms with van der Waals surface area (Å²) in [7, 11) is 0. The van der Waals surface area contributed by atoms with Gasteiger partial charge in [-0.2, -0.15) is 0 Å². The summed E-state index contributed by atoms with van der Waals surface area (Å²) in [6.07, 6.45) is 2.43. The molecule has 0 saturated heterocycles. The molecule has 150 valence electrons. The smallest absolute Gasteiger partial charge is 0.294 e. The first kappa shape index (κ1) is 19.5. The third-order valence-electron chi connectivity index (χ3n) is 4.81. The maximum absolute atomic E-state index is 13.1. The first-order valence-electron chi connectivity index (χ1n) is 9.87. The van der Waals surface area contributed by atoms with Gasteiger partial charge < -0.3 is 10.1 Å². The predicted molar refractivity (Wildman–Crippen MR) is 117 cm³/mol. The number of ether oxygens (including phenoxy) is 1. The molecule has 2 amide bonds. The molecule has 4 rings (SSSR count). The van der Waals surface area contributed by atoms with Crippen molar-refractivity contribution in [3.63, 3.8) is 0 Å². The van der Waals surface area contributed by atoms with Crippen LogP contribution in [0.15, 0.2) is 90.7 Å². The lowest BCUT2D eigenvalue weighted by Crippen LogP contribution is -2.44. The van der Waals surface area contributed by atoms with Gasteiger partial charge in [-0.25, -0.2) is 0 Å². The Labute approximate surface area is 175 Å². The van der Waals surface area contributed by atoms with Crippen LogP contribution >= 0.6 is 0 Å². The lowest BCUT2D eigenvalue weighted by molar-refractivity contribution is -0.123. The SMILES string of the molecule is O=C(CN1C(=O)/C(=C\c2ccccc2)Oc2ccccc21)NCCc1ccccc1. The van der Waals surface area contributed by atoms with E-state index in [0.29, 0.717) is 18.0 Å². The third kappa shape index (κ3) is 4.58. The van der Waals surface area contributed by atoms with E-state index >= 15 is 0 Å². The summed E-state index contributed by atoms with van der Waals surface area (Å²) in [6.45, 7) is 0.440. The zero-order valence-corrected chi connectivity index (χ0v) is 16.5. The van der Waals surface area contributed by atoms with Gasteiger partial charge in [0.1, 0.15) is 6.54 Å². The Bertz CT molecular complexity index is 1060. The molecule has 3 aromatic carbocycles. The molecule has 5 nitrogen and oxygen atoms in total. The molecule has 1 heterocycles. The molecule has 1 aliphatic rings. The summed E-state index contributed by atoms with van der Waals surface area (Å²) >= 11 is 0. The molecule has 0 aromatic heterocycles. The molecule has 0 saturated carbocycles. The van der Waals surface area contributed by atoms with E-state index in [0.717, 1.165) is 17.5 Å². The van der Waals surface area contributed by atoms with Crippen LogP contribution in [0.1, 0.15) is 11.1 Å². The van der Waals surface area contributed by atoms with Crippen molar-refractivity contribution in [2.75, 3.05) is 18.0 Å². The Morgan fingerprint density at radius 1 is 0.900 bits per heavy atom. The second-order valence-corrected chi connectivity index (χ2v) is 6.97. The fraction of sp³-hybridized carbons (Fsp3) is 0.120. The normalized spacial score (nSPS) is 14.2. The van der Waals surface area contributed by atoms with Crippen molar-refractivity contribution in [2.45, 2.75) is 6.42 Å². The molecule has 1 N–H and O–H groups in total. The van der Waals surface area contributed by atoms with Gasteiger partial charge >= 0.3 is 0 Å². The standard InChI is InChI=1S/C25H22N2O3/c28-24(26-16-15-19-9-3-1-4-10-19)18-27-21-13-7-8-14-22(21)30-23(25(27)29)17-20-11-5-2-6-12-20/h1-14,17H,15-16,18H2,(H,26,28)/b23-17+. The maximum atomic E-state index is 13.1. The second kappa shape index (κ2) is 9.09. The quantitative estimate of drug-likeness (QED) is 0.643. The summed E-state index contributed by atoms with van der Waals surface area (Å²) in [5.41, 5.74) is 2.59. The van der Waals surface area contributed by atoms with Crippen molar-refractivity contribution in [1.82, 2.24) is 5.32 Å². The van der Waals surface area contributed by atoms with E-state index < -0.39 is 0 Å². The largest absolute Gasteiger partial charge is 0.449 e. The van der Waals surface area contributed by atoms with Crippen molar-refractivity contribution in [1.29, 1.82) is 0 Å². The van der Waals surface area contributed by atoms with Crippen molar-refractivity contribution >= 4 is 23.6 Å². The Morgan fingerprint density at radius 2 is 1.57 bits per heavy atom. The maximum Gasteiger partial charge on any atom is 0.294 e. The van der Waals surface area contributed by atoms with Crippen LogP contribution in [-0.2, 0) is 16.0 Å². The Morgan fingerprint density at radius 3 is 2.33 bits per heavy atom. The summed E-state index contributed by atoms with van der Waals surface area (Å²) in [6, 6.07) is 26.7. The number of para-hydroxylation sites is 2. The lowest BCUT2D eigenvalue weighted by atomic mass is 10.1. The van der Waals surface area contributed by atoms with Crippen LogP contribution in [0.25, 0.3) is 6.08 Å². The molecule has 1 aliphatic heterocycles. The average Bonchev–Trinajstić information content (AvgIpc) is 2.78. The number of carbonyl (C=O) groups is 2. The van der Waals surface area contributed by atoms with Gasteiger partial charge in [-0.1, -0.05) is 72.8 Å². The van der Waals surface area contributed by atoms with Gasteiger partial charge in [0.25, 0.3) is 5.91 Å². The van der Waals surface area contributed by atoms with Crippen molar-refractivity contribution in [3.05, 3.63) is 102 Å². The van der Waals surface area contributed by atoms with E-state index in [1.807, 2.05) is 72.8 Å². The Kier molecular flexibility index (Phi) is 5.90. The molecule has 0 radical (unpaired) electrons. The van der Waals surface area contributed by atoms with Crippen molar-refractivity contribution in [3.8, 4) is 5.75 Å². The lowest BCUT2D eigenvalue weighted by Gasteiger charge is -2.30. The van der Waals surface area contributed by atoms with Gasteiger partial charge in [0.15, 0.2) is 11.5 Å². The van der Waals surface area contributed by atoms with E-state index in [-0.39, 0.29) is 24.1 Å². The zero-order chi connectivity index (χ0) is 20.8. The van der Waals surface area contributed by atoms with Crippen LogP contribution in [0.2, 0.25) is 0 Å². The predicted octanol–water partition coefficient (Wildman–Crippen LogP) is 3.81. The molecule has 0 unspecified atom stereocenters. The molecule has 0 spiro atoms. The fourth-order valence-electron chi connectivity index (χ4n) is 3.31. The van der Waals surface area contributed by atoms with E-state index in [1.165, 1.54) is 4.90 Å². The highest BCUT2D eigenvalue weighted by Gasteiger charge is 2.31. The summed E-state index contributed by atoms with van der Waals surface area (Å²) in [5.74, 6) is 0.194. The number of hydrogen-bond donors (Lipinski definition) is 1. The molecule has 0 fully saturated rings. The van der Waals surface area contributed by atoms with Crippen LogP contribution < -0.4 is 15.0 Å². The highest BCUT2D eigenvalue weighted by molar-refractivity contribution is 6.12. The minimum absolute atomic E-state index is 0.0693. The number of nitrogens with zero attached hydrogens (tertiary/aromatic N) is 1. The van der Waals surface area contributed by atoms with Crippen LogP contribution in [-0.4, -0.2) is 24.9 Å². The first-order chi connectivity index (χ1) is 14.7. The van der Waals surface area contributed by atoms with Gasteiger partial charge in [-0.3, -0.25) is 14.5 Å². The topological polar surface area (TPSA) is 58.6 Å². The molecule has 3 aromatic rings. The zero-order valence-electron chi connectivity index (χ0n) is 16.5. The summed E-state index contributed by atoms with van der Waals surface area (Å²) in [4.78, 5) is 27.1. The first-order valence-corrected chi connectivity index (χ1v) is 9.87. The van der Waals surface area contributed by atoms with Crippen LogP contribution in [0.5, 0.6) is 5.75 Å². The Balaban J connectivity index is 1.48. The fourth-order valence-corrected chi connectivity index (χ4v) is 3.31. The van der Waals surface area contributed by atoms with Gasteiger partial charge in [0.05, 0.1) is 5.69 Å². The molecule has 0 aliphatic carbocycles. The molecule has 0 bridgehead atoms. The monoisotopic (exact) mass is 398 g/mol. The molecule has 30 heavy (non-hydrogen) atoms. The summed E-state index contributed by atoms with van der Waals surface area (Å²) in [5, 5.41) is 2.90. The van der Waals surface area contributed by atoms with E-state index in [2.05, 4.69) is 5.32 Å². The van der Waals surface area contributed by atoms with E-state index in [1.54, 1.807) is 18.2 Å². The van der Waals surface area contributed by atoms with Crippen LogP contribution in [0.4, 0.5) is 5.69 Å². The number of nitrogens with one attached hydrogen (secondary N) is 1. The van der Waals surface area contributed by atoms with Gasteiger partial charge in [0, 0.05) is 6.54 Å². The third-order valence-corrected chi connectivity index (χ3v) is 4.81. The van der Waals surface area contributed by atoms with E-state index in [9.17, 15) is 9.59 Å². The van der Waals surface area contributed by atoms with Gasteiger partial charge in [-0.15, -0.1) is 0 Å². The Hall–Kier alpha value is -3.86. The summed E-state index contributed by atoms with van der Waals surface area (Å²) < 4.78 is 5.84. The number of benzene rings is 3. The van der Waals surface area contributed by atoms with Gasteiger partial charge in [-0.05, 0) is 35.8 Å². The molecular formula is C25H22N2O3. The molecule has 0 atom stereocenters. The van der Waals surface area contributed by atoms with Crippen LogP contribution in [0.3, 0.4) is 0 Å². The minimum atomic E-state index is -0.337. The molecule has 5 heteroatoms. The van der Waals surface area contributed by atoms with Gasteiger partial charge in [0.2, 0.25) is 5.91 Å². The average molecular weight is 398 g/mol. The van der Waals surface area contributed by atoms with Crippen LogP contribution in [0, 0.1) is 0 Å². The number of hydrogen-bond acceptors (Lipinski definition) is 3. The number of amides is 2. The van der Waals surface area contributed by atoms with Crippen molar-refractivity contribution in [2.24, 2.45) is 0 Å². The second-order valence-electron chi connectivity index (χ2n) is 6.97. The number of anilines is 1. The van der Waals surface area contributed by atoms with E-state index in [4.69, 9.17) is 4.74 Å². The number of fused-ring (bicyclic) bond motifs is 1. The number of carbonyl (C=O) groups excluding carboxylic acids is 2.